The predicted molar refractivity (Wildman–Crippen MR) is 98.5 cm³/mol. The number of benzene rings is 1. The highest BCUT2D eigenvalue weighted by Crippen LogP contribution is 2.21. The number of rotatable bonds is 6. The van der Waals surface area contributed by atoms with Crippen LogP contribution in [0.2, 0.25) is 5.02 Å². The fraction of sp³-hybridized carbons (Fsp3) is 0.176. The van der Waals surface area contributed by atoms with Gasteiger partial charge < -0.3 is 9.66 Å². The van der Waals surface area contributed by atoms with E-state index in [-0.39, 0.29) is 28.7 Å². The van der Waals surface area contributed by atoms with Crippen LogP contribution in [0.3, 0.4) is 0 Å². The molecule has 3 aromatic rings. The zero-order chi connectivity index (χ0) is 20.3. The summed E-state index contributed by atoms with van der Waals surface area (Å²) in [7, 11) is 0. The van der Waals surface area contributed by atoms with Crippen molar-refractivity contribution in [2.45, 2.75) is 18.4 Å². The molecule has 0 radical (unpaired) electrons. The molecule has 146 valence electrons. The average molecular weight is 424 g/mol. The van der Waals surface area contributed by atoms with Crippen LogP contribution in [-0.2, 0) is 23.4 Å². The van der Waals surface area contributed by atoms with Gasteiger partial charge in [0, 0.05) is 17.8 Å². The Morgan fingerprint density at radius 1 is 1.32 bits per heavy atom. The summed E-state index contributed by atoms with van der Waals surface area (Å²) < 4.78 is 36.1. The highest BCUT2D eigenvalue weighted by molar-refractivity contribution is 7.78. The third kappa shape index (κ3) is 4.84. The minimum absolute atomic E-state index is 0.0689. The van der Waals surface area contributed by atoms with E-state index in [1.807, 2.05) is 0 Å². The molecule has 11 heteroatoms. The van der Waals surface area contributed by atoms with E-state index < -0.39 is 28.6 Å². The van der Waals surface area contributed by atoms with Crippen molar-refractivity contribution >= 4 is 22.7 Å². The maximum atomic E-state index is 13.5. The maximum Gasteiger partial charge on any atom is 0.267 e. The van der Waals surface area contributed by atoms with Gasteiger partial charge in [0.25, 0.3) is 5.56 Å². The predicted octanol–water partition coefficient (Wildman–Crippen LogP) is 1.61. The summed E-state index contributed by atoms with van der Waals surface area (Å²) >= 11 is 3.28. The summed E-state index contributed by atoms with van der Waals surface area (Å²) in [4.78, 5) is 20.3. The quantitative estimate of drug-likeness (QED) is 0.597. The molecule has 1 unspecified atom stereocenters. The summed E-state index contributed by atoms with van der Waals surface area (Å²) in [5.41, 5.74) is 0.449. The molecule has 0 saturated carbocycles. The monoisotopic (exact) mass is 423 g/mol. The number of halogens is 2. The second-order valence-electron chi connectivity index (χ2n) is 5.76. The molecule has 2 heterocycles. The van der Waals surface area contributed by atoms with Crippen LogP contribution in [0, 0.1) is 5.82 Å². The lowest BCUT2D eigenvalue weighted by atomic mass is 10.1. The van der Waals surface area contributed by atoms with Gasteiger partial charge in [-0.15, -0.1) is 0 Å². The third-order valence-electron chi connectivity index (χ3n) is 3.79. The molecule has 0 aliphatic rings. The topological polar surface area (TPSA) is 121 Å². The van der Waals surface area contributed by atoms with Crippen LogP contribution in [0.15, 0.2) is 47.5 Å². The van der Waals surface area contributed by atoms with E-state index in [4.69, 9.17) is 11.6 Å². The highest BCUT2D eigenvalue weighted by atomic mass is 35.5. The maximum absolute atomic E-state index is 13.5. The molecule has 2 atom stereocenters. The van der Waals surface area contributed by atoms with Crippen molar-refractivity contribution < 1.29 is 18.3 Å². The van der Waals surface area contributed by atoms with Crippen LogP contribution in [0.5, 0.6) is 0 Å². The number of hydrogen-bond donors (Lipinski definition) is 1. The Balaban J connectivity index is 1.81. The number of aliphatic hydroxyl groups is 1. The van der Waals surface area contributed by atoms with Gasteiger partial charge in [-0.1, -0.05) is 17.7 Å². The first kappa shape index (κ1) is 20.2. The molecule has 1 N–H and O–H groups in total. The van der Waals surface area contributed by atoms with Crippen molar-refractivity contribution in [2.24, 2.45) is 0 Å². The first-order valence-corrected chi connectivity index (χ1v) is 9.54. The van der Waals surface area contributed by atoms with Crippen molar-refractivity contribution in [3.63, 3.8) is 0 Å². The molecule has 0 aliphatic carbocycles. The fourth-order valence-corrected chi connectivity index (χ4v) is 2.90. The molecule has 8 nitrogen and oxygen atoms in total. The van der Waals surface area contributed by atoms with E-state index in [0.717, 1.165) is 10.7 Å². The Kier molecular flexibility index (Phi) is 6.25. The Morgan fingerprint density at radius 2 is 2.11 bits per heavy atom. The van der Waals surface area contributed by atoms with Crippen LogP contribution < -0.4 is 5.56 Å². The average Bonchev–Trinajstić information content (AvgIpc) is 2.65. The van der Waals surface area contributed by atoms with Gasteiger partial charge in [0.2, 0.25) is 0 Å². The minimum Gasteiger partial charge on any atom is -0.772 e. The SMILES string of the molecule is O=c1cc(-c2ccnc(CS(=O)[O-])n2)cnn1C[C@H](O)c1ccc(Cl)c(F)c1. The van der Waals surface area contributed by atoms with Gasteiger partial charge in [-0.05, 0) is 34.8 Å². The molecule has 28 heavy (non-hydrogen) atoms. The Labute approximate surface area is 165 Å². The summed E-state index contributed by atoms with van der Waals surface area (Å²) in [6, 6.07) is 6.63. The van der Waals surface area contributed by atoms with Crippen LogP contribution in [-0.4, -0.2) is 33.6 Å². The van der Waals surface area contributed by atoms with Crippen molar-refractivity contribution in [1.29, 1.82) is 0 Å². The van der Waals surface area contributed by atoms with E-state index in [1.54, 1.807) is 0 Å². The van der Waals surface area contributed by atoms with Crippen molar-refractivity contribution in [1.82, 2.24) is 19.7 Å². The molecule has 0 bridgehead atoms. The summed E-state index contributed by atoms with van der Waals surface area (Å²) in [5, 5.41) is 14.2. The first-order chi connectivity index (χ1) is 13.3. The zero-order valence-electron chi connectivity index (χ0n) is 14.2. The number of hydrogen-bond acceptors (Lipinski definition) is 7. The lowest BCUT2D eigenvalue weighted by Crippen LogP contribution is -2.25. The van der Waals surface area contributed by atoms with Crippen molar-refractivity contribution in [2.75, 3.05) is 0 Å². The van der Waals surface area contributed by atoms with Gasteiger partial charge in [0.1, 0.15) is 11.6 Å². The lowest BCUT2D eigenvalue weighted by molar-refractivity contribution is 0.149. The highest BCUT2D eigenvalue weighted by Gasteiger charge is 2.13. The number of aromatic nitrogens is 4. The second kappa shape index (κ2) is 8.65. The van der Waals surface area contributed by atoms with Gasteiger partial charge in [-0.3, -0.25) is 9.00 Å². The molecule has 0 amide bonds. The normalized spacial score (nSPS) is 13.3. The molecule has 3 rings (SSSR count). The number of aliphatic hydroxyl groups excluding tert-OH is 1. The molecule has 1 aromatic carbocycles. The minimum atomic E-state index is -2.34. The van der Waals surface area contributed by atoms with E-state index in [1.165, 1.54) is 36.7 Å². The van der Waals surface area contributed by atoms with Crippen LogP contribution in [0.25, 0.3) is 11.3 Å². The molecular formula is C17H13ClFN4O4S-. The smallest absolute Gasteiger partial charge is 0.267 e. The van der Waals surface area contributed by atoms with Gasteiger partial charge >= 0.3 is 0 Å². The van der Waals surface area contributed by atoms with Gasteiger partial charge in [0.15, 0.2) is 0 Å². The van der Waals surface area contributed by atoms with Crippen LogP contribution in [0.4, 0.5) is 4.39 Å². The van der Waals surface area contributed by atoms with E-state index in [9.17, 15) is 23.1 Å². The molecule has 0 spiro atoms. The molecule has 0 aliphatic heterocycles. The summed E-state index contributed by atoms with van der Waals surface area (Å²) in [5.74, 6) is -0.926. The van der Waals surface area contributed by atoms with Gasteiger partial charge in [-0.2, -0.15) is 5.10 Å². The Bertz CT molecular complexity index is 1090. The van der Waals surface area contributed by atoms with Crippen LogP contribution in [0.1, 0.15) is 17.5 Å². The largest absolute Gasteiger partial charge is 0.772 e. The number of nitrogens with zero attached hydrogens (tertiary/aromatic N) is 4. The first-order valence-electron chi connectivity index (χ1n) is 7.92. The van der Waals surface area contributed by atoms with E-state index >= 15 is 0 Å². The Morgan fingerprint density at radius 3 is 2.79 bits per heavy atom. The fourth-order valence-electron chi connectivity index (χ4n) is 2.43. The standard InChI is InChI=1S/C17H14ClFN4O4S/c18-12-2-1-10(5-13(12)19)15(24)8-23-17(25)6-11(7-21-23)14-3-4-20-16(22-14)9-28(26)27/h1-7,15,24H,8-9H2,(H,26,27)/p-1/t15-/m0/s1. The summed E-state index contributed by atoms with van der Waals surface area (Å²) in [6.45, 7) is -0.190. The van der Waals surface area contributed by atoms with Crippen molar-refractivity contribution in [3.8, 4) is 11.3 Å². The molecule has 0 fully saturated rings. The summed E-state index contributed by atoms with van der Waals surface area (Å²) in [6.07, 6.45) is 1.58. The lowest BCUT2D eigenvalue weighted by Gasteiger charge is -2.13. The molecular weight excluding hydrogens is 411 g/mol. The second-order valence-corrected chi connectivity index (χ2v) is 7.06. The Hall–Kier alpha value is -2.53. The van der Waals surface area contributed by atoms with E-state index in [2.05, 4.69) is 15.1 Å². The van der Waals surface area contributed by atoms with E-state index in [0.29, 0.717) is 11.3 Å². The van der Waals surface area contributed by atoms with Crippen LogP contribution >= 0.6 is 11.6 Å². The van der Waals surface area contributed by atoms with Gasteiger partial charge in [0.05, 0.1) is 35.3 Å². The van der Waals surface area contributed by atoms with Gasteiger partial charge in [-0.25, -0.2) is 19.0 Å². The van der Waals surface area contributed by atoms with Crippen molar-refractivity contribution in [3.05, 3.63) is 75.3 Å². The zero-order valence-corrected chi connectivity index (χ0v) is 15.7. The molecule has 2 aromatic heterocycles. The molecule has 0 saturated heterocycles. The third-order valence-corrected chi connectivity index (χ3v) is 4.59.